The van der Waals surface area contributed by atoms with Gasteiger partial charge >= 0.3 is 5.97 Å². The van der Waals surface area contributed by atoms with E-state index in [1.54, 1.807) is 0 Å². The molecule has 90 valence electrons. The van der Waals surface area contributed by atoms with E-state index in [1.165, 1.54) is 12.2 Å². The van der Waals surface area contributed by atoms with E-state index in [0.29, 0.717) is 0 Å². The van der Waals surface area contributed by atoms with Crippen LogP contribution in [0.5, 0.6) is 0 Å². The highest BCUT2D eigenvalue weighted by Gasteiger charge is 2.09. The fourth-order valence-electron chi connectivity index (χ4n) is 1.20. The van der Waals surface area contributed by atoms with Crippen molar-refractivity contribution in [3.8, 4) is 0 Å². The van der Waals surface area contributed by atoms with Crippen molar-refractivity contribution >= 4 is 23.7 Å². The van der Waals surface area contributed by atoms with Crippen LogP contribution in [0.25, 0.3) is 0 Å². The van der Waals surface area contributed by atoms with Crippen molar-refractivity contribution in [3.63, 3.8) is 0 Å². The minimum Gasteiger partial charge on any atom is -0.476 e. The Labute approximate surface area is 98.6 Å². The van der Waals surface area contributed by atoms with E-state index in [1.807, 2.05) is 11.8 Å². The quantitative estimate of drug-likeness (QED) is 0.683. The molecule has 0 saturated heterocycles. The van der Waals surface area contributed by atoms with Gasteiger partial charge in [-0.25, -0.2) is 4.79 Å². The molecule has 0 amide bonds. The number of aromatic carboxylic acids is 1. The number of oxazole rings is 1. The molecule has 0 radical (unpaired) electrons. The second-order valence-electron chi connectivity index (χ2n) is 3.32. The number of hydrogen-bond acceptors (Lipinski definition) is 5. The first-order chi connectivity index (χ1) is 7.74. The molecule has 0 aliphatic rings. The second kappa shape index (κ2) is 7.16. The zero-order valence-corrected chi connectivity index (χ0v) is 10.0. The monoisotopic (exact) mass is 244 g/mol. The van der Waals surface area contributed by atoms with Gasteiger partial charge in [0.2, 0.25) is 0 Å². The third kappa shape index (κ3) is 4.57. The molecule has 6 heteroatoms. The lowest BCUT2D eigenvalue weighted by atomic mass is 10.2. The summed E-state index contributed by atoms with van der Waals surface area (Å²) in [4.78, 5) is 14.3. The van der Waals surface area contributed by atoms with Gasteiger partial charge in [-0.2, -0.15) is 16.7 Å². The van der Waals surface area contributed by atoms with Crippen LogP contribution in [0.1, 0.15) is 29.8 Å². The first-order valence-electron chi connectivity index (χ1n) is 5.15. The maximum absolute atomic E-state index is 10.5. The third-order valence-electron chi connectivity index (χ3n) is 2.02. The van der Waals surface area contributed by atoms with Crippen molar-refractivity contribution in [1.29, 1.82) is 0 Å². The Morgan fingerprint density at radius 3 is 3.00 bits per heavy atom. The first-order valence-corrected chi connectivity index (χ1v) is 6.55. The van der Waals surface area contributed by atoms with Gasteiger partial charge in [-0.1, -0.05) is 6.42 Å². The number of carbonyl (C=O) groups is 1. The van der Waals surface area contributed by atoms with Crippen LogP contribution < -0.4 is 5.32 Å². The first kappa shape index (κ1) is 12.9. The van der Waals surface area contributed by atoms with Crippen LogP contribution in [0.15, 0.2) is 10.7 Å². The number of thioether (sulfide) groups is 1. The smallest absolute Gasteiger partial charge is 0.357 e. The molecule has 1 aromatic heterocycles. The van der Waals surface area contributed by atoms with Crippen LogP contribution in [0.4, 0.5) is 6.01 Å². The molecule has 0 spiro atoms. The van der Waals surface area contributed by atoms with Crippen LogP contribution in [0, 0.1) is 0 Å². The molecule has 0 aliphatic carbocycles. The topological polar surface area (TPSA) is 75.4 Å². The van der Waals surface area contributed by atoms with E-state index in [4.69, 9.17) is 9.52 Å². The molecule has 0 saturated carbocycles. The van der Waals surface area contributed by atoms with Gasteiger partial charge in [0.25, 0.3) is 6.01 Å². The molecule has 0 aromatic carbocycles. The van der Waals surface area contributed by atoms with Gasteiger partial charge in [0, 0.05) is 6.54 Å². The lowest BCUT2D eigenvalue weighted by Gasteiger charge is -2.00. The average molecular weight is 244 g/mol. The van der Waals surface area contributed by atoms with Crippen molar-refractivity contribution in [1.82, 2.24) is 4.98 Å². The fourth-order valence-corrected chi connectivity index (χ4v) is 1.69. The Kier molecular flexibility index (Phi) is 5.77. The number of rotatable bonds is 8. The van der Waals surface area contributed by atoms with Crippen molar-refractivity contribution < 1.29 is 14.3 Å². The van der Waals surface area contributed by atoms with E-state index in [2.05, 4.69) is 16.6 Å². The second-order valence-corrected chi connectivity index (χ2v) is 4.31. The Bertz CT molecular complexity index is 328. The van der Waals surface area contributed by atoms with Crippen LogP contribution in [-0.4, -0.2) is 34.6 Å². The van der Waals surface area contributed by atoms with Gasteiger partial charge < -0.3 is 14.8 Å². The maximum Gasteiger partial charge on any atom is 0.357 e. The summed E-state index contributed by atoms with van der Waals surface area (Å²) in [6.07, 6.45) is 6.62. The van der Waals surface area contributed by atoms with Crippen molar-refractivity contribution in [2.45, 2.75) is 19.3 Å². The van der Waals surface area contributed by atoms with E-state index in [9.17, 15) is 4.79 Å². The SMILES string of the molecule is CSCCCCCNc1nc(C(=O)O)co1. The Morgan fingerprint density at radius 1 is 1.56 bits per heavy atom. The summed E-state index contributed by atoms with van der Waals surface area (Å²) in [7, 11) is 0. The van der Waals surface area contributed by atoms with E-state index >= 15 is 0 Å². The fraction of sp³-hybridized carbons (Fsp3) is 0.600. The molecule has 1 aromatic rings. The molecule has 0 atom stereocenters. The van der Waals surface area contributed by atoms with Crippen molar-refractivity contribution in [2.75, 3.05) is 23.9 Å². The van der Waals surface area contributed by atoms with Crippen molar-refractivity contribution in [3.05, 3.63) is 12.0 Å². The summed E-state index contributed by atoms with van der Waals surface area (Å²) >= 11 is 1.85. The standard InChI is InChI=1S/C10H16N2O3S/c1-16-6-4-2-3-5-11-10-12-8(7-15-10)9(13)14/h7H,2-6H2,1H3,(H,11,12)(H,13,14). The molecule has 1 rings (SSSR count). The van der Waals surface area contributed by atoms with Crippen LogP contribution in [0.3, 0.4) is 0 Å². The summed E-state index contributed by atoms with van der Waals surface area (Å²) in [6.45, 7) is 0.758. The summed E-state index contributed by atoms with van der Waals surface area (Å²) in [5.41, 5.74) is -0.0649. The number of unbranched alkanes of at least 4 members (excludes halogenated alkanes) is 2. The van der Waals surface area contributed by atoms with E-state index in [-0.39, 0.29) is 11.7 Å². The van der Waals surface area contributed by atoms with Gasteiger partial charge in [-0.15, -0.1) is 0 Å². The average Bonchev–Trinajstić information content (AvgIpc) is 2.72. The van der Waals surface area contributed by atoms with Crippen LogP contribution in [-0.2, 0) is 0 Å². The van der Waals surface area contributed by atoms with Gasteiger partial charge in [-0.05, 0) is 24.9 Å². The summed E-state index contributed by atoms with van der Waals surface area (Å²) < 4.78 is 4.95. The number of aromatic nitrogens is 1. The lowest BCUT2D eigenvalue weighted by molar-refractivity contribution is 0.0690. The number of carboxylic acid groups (broad SMARTS) is 1. The number of hydrogen-bond donors (Lipinski definition) is 2. The van der Waals surface area contributed by atoms with Crippen LogP contribution >= 0.6 is 11.8 Å². The summed E-state index contributed by atoms with van der Waals surface area (Å²) in [5.74, 6) is 0.110. The predicted octanol–water partition coefficient (Wildman–Crippen LogP) is 2.32. The minimum atomic E-state index is -1.07. The third-order valence-corrected chi connectivity index (χ3v) is 2.72. The number of nitrogens with one attached hydrogen (secondary N) is 1. The van der Waals surface area contributed by atoms with Crippen LogP contribution in [0.2, 0.25) is 0 Å². The molecular formula is C10H16N2O3S. The highest BCUT2D eigenvalue weighted by Crippen LogP contribution is 2.08. The van der Waals surface area contributed by atoms with Gasteiger partial charge in [0.1, 0.15) is 6.26 Å². The Morgan fingerprint density at radius 2 is 2.38 bits per heavy atom. The highest BCUT2D eigenvalue weighted by molar-refractivity contribution is 7.98. The zero-order valence-electron chi connectivity index (χ0n) is 9.23. The lowest BCUT2D eigenvalue weighted by Crippen LogP contribution is -2.03. The molecular weight excluding hydrogens is 228 g/mol. The van der Waals surface area contributed by atoms with Gasteiger partial charge in [0.05, 0.1) is 0 Å². The molecule has 5 nitrogen and oxygen atoms in total. The molecule has 0 unspecified atom stereocenters. The normalized spacial score (nSPS) is 10.3. The number of nitrogens with zero attached hydrogens (tertiary/aromatic N) is 1. The van der Waals surface area contributed by atoms with E-state index in [0.717, 1.165) is 25.6 Å². The summed E-state index contributed by atoms with van der Waals surface area (Å²) in [5, 5.41) is 11.6. The predicted molar refractivity (Wildman–Crippen MR) is 64.2 cm³/mol. The largest absolute Gasteiger partial charge is 0.476 e. The number of anilines is 1. The van der Waals surface area contributed by atoms with Gasteiger partial charge in [0.15, 0.2) is 5.69 Å². The Hall–Kier alpha value is -1.17. The zero-order chi connectivity index (χ0) is 11.8. The highest BCUT2D eigenvalue weighted by atomic mass is 32.2. The molecule has 0 bridgehead atoms. The minimum absolute atomic E-state index is 0.0649. The molecule has 1 heterocycles. The molecule has 2 N–H and O–H groups in total. The number of carboxylic acids is 1. The molecule has 0 fully saturated rings. The van der Waals surface area contributed by atoms with Gasteiger partial charge in [-0.3, -0.25) is 0 Å². The van der Waals surface area contributed by atoms with Crippen molar-refractivity contribution in [2.24, 2.45) is 0 Å². The maximum atomic E-state index is 10.5. The Balaban J connectivity index is 2.14. The molecule has 16 heavy (non-hydrogen) atoms. The van der Waals surface area contributed by atoms with E-state index < -0.39 is 5.97 Å². The molecule has 0 aliphatic heterocycles. The summed E-state index contributed by atoms with van der Waals surface area (Å²) in [6, 6.07) is 0.280.